The number of nitrogen functional groups attached to an aromatic ring is 1. The fourth-order valence-electron chi connectivity index (χ4n) is 2.69. The van der Waals surface area contributed by atoms with E-state index in [0.29, 0.717) is 0 Å². The van der Waals surface area contributed by atoms with Gasteiger partial charge in [-0.25, -0.2) is 5.10 Å². The summed E-state index contributed by atoms with van der Waals surface area (Å²) >= 11 is 0. The van der Waals surface area contributed by atoms with E-state index in [2.05, 4.69) is 15.5 Å². The smallest absolute Gasteiger partial charge is 0.272 e. The average molecular weight is 321 g/mol. The lowest BCUT2D eigenvalue weighted by Crippen LogP contribution is -2.32. The number of fused-ring (bicyclic) bond motifs is 1. The Morgan fingerprint density at radius 2 is 2.14 bits per heavy atom. The number of nitrogens with zero attached hydrogens (tertiary/aromatic N) is 1. The molecule has 0 saturated carbocycles. The average Bonchev–Trinajstić information content (AvgIpc) is 2.47. The van der Waals surface area contributed by atoms with Crippen LogP contribution < -0.4 is 16.6 Å². The highest BCUT2D eigenvalue weighted by atomic mass is 35.5. The maximum absolute atomic E-state index is 12.2. The Morgan fingerprint density at radius 3 is 2.86 bits per heavy atom. The Balaban J connectivity index is 0.00000176. The molecule has 1 unspecified atom stereocenters. The number of aromatic amines is 1. The topological polar surface area (TPSA) is 101 Å². The molecule has 1 aromatic heterocycles. The minimum Gasteiger partial charge on any atom is -0.399 e. The molecule has 3 rings (SSSR count). The molecule has 1 atom stereocenters. The van der Waals surface area contributed by atoms with E-state index >= 15 is 0 Å². The number of benzene rings is 1. The Bertz CT molecular complexity index is 724. The summed E-state index contributed by atoms with van der Waals surface area (Å²) in [6.45, 7) is 0. The maximum Gasteiger partial charge on any atom is 0.272 e. The molecule has 2 aromatic rings. The van der Waals surface area contributed by atoms with Gasteiger partial charge in [0.05, 0.1) is 6.04 Å². The minimum absolute atomic E-state index is 0. The first-order valence-electron chi connectivity index (χ1n) is 6.88. The fourth-order valence-corrected chi connectivity index (χ4v) is 2.69. The monoisotopic (exact) mass is 320 g/mol. The van der Waals surface area contributed by atoms with Crippen LogP contribution in [-0.4, -0.2) is 16.1 Å². The molecule has 1 aliphatic carbocycles. The first-order chi connectivity index (χ1) is 10.1. The van der Waals surface area contributed by atoms with E-state index in [9.17, 15) is 9.59 Å². The van der Waals surface area contributed by atoms with Crippen molar-refractivity contribution in [2.75, 3.05) is 5.73 Å². The summed E-state index contributed by atoms with van der Waals surface area (Å²) in [5, 5.41) is 8.97. The largest absolute Gasteiger partial charge is 0.399 e. The second-order valence-corrected chi connectivity index (χ2v) is 5.18. The van der Waals surface area contributed by atoms with Gasteiger partial charge in [0.2, 0.25) is 0 Å². The van der Waals surface area contributed by atoms with Crippen LogP contribution in [0.4, 0.5) is 5.69 Å². The first kappa shape index (κ1) is 16.0. The molecule has 0 spiro atoms. The number of halogens is 1. The molecule has 7 heteroatoms. The van der Waals surface area contributed by atoms with E-state index in [0.717, 1.165) is 30.5 Å². The third kappa shape index (κ3) is 3.28. The summed E-state index contributed by atoms with van der Waals surface area (Å²) in [5.74, 6) is -0.291. The van der Waals surface area contributed by atoms with Crippen LogP contribution in [0.15, 0.2) is 35.1 Å². The molecular formula is C15H17ClN4O2. The van der Waals surface area contributed by atoms with Gasteiger partial charge in [-0.2, -0.15) is 5.10 Å². The maximum atomic E-state index is 12.2. The van der Waals surface area contributed by atoms with Crippen molar-refractivity contribution in [2.24, 2.45) is 0 Å². The van der Waals surface area contributed by atoms with Gasteiger partial charge < -0.3 is 11.1 Å². The molecule has 0 saturated heterocycles. The van der Waals surface area contributed by atoms with Crippen LogP contribution >= 0.6 is 12.4 Å². The van der Waals surface area contributed by atoms with Gasteiger partial charge in [-0.15, -0.1) is 12.4 Å². The predicted octanol–water partition coefficient (Wildman–Crippen LogP) is 1.58. The summed E-state index contributed by atoms with van der Waals surface area (Å²) in [5.41, 5.74) is 8.70. The zero-order chi connectivity index (χ0) is 14.8. The number of anilines is 1. The van der Waals surface area contributed by atoms with E-state index in [4.69, 9.17) is 5.73 Å². The molecule has 1 heterocycles. The highest BCUT2D eigenvalue weighted by Gasteiger charge is 2.22. The molecule has 6 nitrogen and oxygen atoms in total. The van der Waals surface area contributed by atoms with Gasteiger partial charge in [0.25, 0.3) is 11.5 Å². The molecule has 1 amide bonds. The molecule has 4 N–H and O–H groups in total. The molecule has 0 radical (unpaired) electrons. The van der Waals surface area contributed by atoms with Crippen molar-refractivity contribution in [3.05, 3.63) is 57.5 Å². The van der Waals surface area contributed by atoms with E-state index in [-0.39, 0.29) is 35.6 Å². The quantitative estimate of drug-likeness (QED) is 0.731. The summed E-state index contributed by atoms with van der Waals surface area (Å²) in [6, 6.07) is 8.44. The summed E-state index contributed by atoms with van der Waals surface area (Å²) in [6.07, 6.45) is 2.86. The van der Waals surface area contributed by atoms with E-state index < -0.39 is 0 Å². The van der Waals surface area contributed by atoms with Gasteiger partial charge >= 0.3 is 0 Å². The van der Waals surface area contributed by atoms with Crippen molar-refractivity contribution in [1.29, 1.82) is 0 Å². The zero-order valence-electron chi connectivity index (χ0n) is 11.8. The van der Waals surface area contributed by atoms with Gasteiger partial charge in [0.1, 0.15) is 5.69 Å². The number of nitrogens with one attached hydrogen (secondary N) is 2. The molecule has 0 bridgehead atoms. The van der Waals surface area contributed by atoms with Crippen LogP contribution in [0.5, 0.6) is 0 Å². The van der Waals surface area contributed by atoms with Crippen molar-refractivity contribution >= 4 is 24.0 Å². The third-order valence-corrected chi connectivity index (χ3v) is 3.70. The predicted molar refractivity (Wildman–Crippen MR) is 86.1 cm³/mol. The van der Waals surface area contributed by atoms with Crippen molar-refractivity contribution in [1.82, 2.24) is 15.5 Å². The molecular weight excluding hydrogens is 304 g/mol. The van der Waals surface area contributed by atoms with E-state index in [1.807, 2.05) is 18.2 Å². The lowest BCUT2D eigenvalue weighted by Gasteiger charge is -2.26. The highest BCUT2D eigenvalue weighted by molar-refractivity contribution is 5.92. The van der Waals surface area contributed by atoms with Gasteiger partial charge in [-0.1, -0.05) is 6.07 Å². The Labute approximate surface area is 133 Å². The summed E-state index contributed by atoms with van der Waals surface area (Å²) in [4.78, 5) is 23.1. The number of rotatable bonds is 2. The lowest BCUT2D eigenvalue weighted by molar-refractivity contribution is 0.0926. The second-order valence-electron chi connectivity index (χ2n) is 5.18. The van der Waals surface area contributed by atoms with Gasteiger partial charge in [-0.05, 0) is 48.6 Å². The van der Waals surface area contributed by atoms with Crippen LogP contribution in [0.1, 0.15) is 40.5 Å². The van der Waals surface area contributed by atoms with Crippen molar-refractivity contribution in [3.63, 3.8) is 0 Å². The molecule has 116 valence electrons. The standard InChI is InChI=1S/C15H16N4O2.ClH/c16-10-4-5-11-9(8-10)2-1-3-12(11)17-15(21)13-6-7-14(20)19-18-13;/h4-8,12H,1-3,16H2,(H,17,21)(H,19,20);1H. The second kappa shape index (κ2) is 6.62. The molecule has 0 aliphatic heterocycles. The number of hydrogen-bond donors (Lipinski definition) is 3. The van der Waals surface area contributed by atoms with Crippen LogP contribution in [0.25, 0.3) is 0 Å². The first-order valence-corrected chi connectivity index (χ1v) is 6.88. The third-order valence-electron chi connectivity index (χ3n) is 3.70. The fraction of sp³-hybridized carbons (Fsp3) is 0.267. The summed E-state index contributed by atoms with van der Waals surface area (Å²) < 4.78 is 0. The minimum atomic E-state index is -0.329. The molecule has 22 heavy (non-hydrogen) atoms. The Morgan fingerprint density at radius 1 is 1.32 bits per heavy atom. The van der Waals surface area contributed by atoms with Gasteiger partial charge in [-0.3, -0.25) is 9.59 Å². The SMILES string of the molecule is Cl.Nc1ccc2c(c1)CCCC2NC(=O)c1ccc(=O)[nH]n1. The number of carbonyl (C=O) groups excluding carboxylic acids is 1. The van der Waals surface area contributed by atoms with Crippen molar-refractivity contribution < 1.29 is 4.79 Å². The van der Waals surface area contributed by atoms with E-state index in [1.54, 1.807) is 0 Å². The lowest BCUT2D eigenvalue weighted by atomic mass is 9.87. The number of nitrogens with two attached hydrogens (primary N) is 1. The van der Waals surface area contributed by atoms with E-state index in [1.165, 1.54) is 17.7 Å². The molecule has 1 aliphatic rings. The number of aryl methyl sites for hydroxylation is 1. The van der Waals surface area contributed by atoms with Crippen LogP contribution in [0.3, 0.4) is 0 Å². The van der Waals surface area contributed by atoms with Gasteiger partial charge in [0, 0.05) is 11.8 Å². The number of aromatic nitrogens is 2. The molecule has 1 aromatic carbocycles. The number of H-pyrrole nitrogens is 1. The van der Waals surface area contributed by atoms with Crippen LogP contribution in [0.2, 0.25) is 0 Å². The van der Waals surface area contributed by atoms with Crippen LogP contribution in [-0.2, 0) is 6.42 Å². The number of carbonyl (C=O) groups is 1. The Kier molecular flexibility index (Phi) is 4.82. The summed E-state index contributed by atoms with van der Waals surface area (Å²) in [7, 11) is 0. The zero-order valence-corrected chi connectivity index (χ0v) is 12.7. The van der Waals surface area contributed by atoms with Gasteiger partial charge in [0.15, 0.2) is 0 Å². The number of amides is 1. The van der Waals surface area contributed by atoms with Crippen molar-refractivity contribution in [3.8, 4) is 0 Å². The highest BCUT2D eigenvalue weighted by Crippen LogP contribution is 2.31. The normalized spacial score (nSPS) is 16.3. The van der Waals surface area contributed by atoms with Crippen LogP contribution in [0, 0.1) is 0 Å². The van der Waals surface area contributed by atoms with Crippen molar-refractivity contribution in [2.45, 2.75) is 25.3 Å². The Hall–Kier alpha value is -2.34. The molecule has 0 fully saturated rings. The number of hydrogen-bond acceptors (Lipinski definition) is 4.